The zero-order valence-electron chi connectivity index (χ0n) is 8.07. The van der Waals surface area contributed by atoms with Gasteiger partial charge in [-0.1, -0.05) is 56.0 Å². The molecule has 2 atom stereocenters. The second kappa shape index (κ2) is 7.15. The highest BCUT2D eigenvalue weighted by atomic mass is 79.9. The van der Waals surface area contributed by atoms with E-state index >= 15 is 0 Å². The molecule has 0 bridgehead atoms. The fourth-order valence-electron chi connectivity index (χ4n) is 1.42. The molecule has 0 saturated heterocycles. The van der Waals surface area contributed by atoms with Crippen LogP contribution in [0.25, 0.3) is 0 Å². The van der Waals surface area contributed by atoms with Gasteiger partial charge in [-0.15, -0.1) is 0 Å². The quantitative estimate of drug-likeness (QED) is 0.588. The Labute approximate surface area is 79.9 Å². The molecule has 0 aromatic carbocycles. The van der Waals surface area contributed by atoms with Gasteiger partial charge in [0.05, 0.1) is 0 Å². The van der Waals surface area contributed by atoms with Gasteiger partial charge in [0.15, 0.2) is 0 Å². The topological polar surface area (TPSA) is 0 Å². The van der Waals surface area contributed by atoms with Crippen molar-refractivity contribution in [1.82, 2.24) is 0 Å². The van der Waals surface area contributed by atoms with Gasteiger partial charge in [0.2, 0.25) is 0 Å². The predicted octanol–water partition coefficient (Wildman–Crippen LogP) is 4.23. The van der Waals surface area contributed by atoms with Gasteiger partial charge in [-0.05, 0) is 18.3 Å². The number of rotatable bonds is 6. The summed E-state index contributed by atoms with van der Waals surface area (Å²) >= 11 is 3.51. The highest BCUT2D eigenvalue weighted by Crippen LogP contribution is 2.18. The summed E-state index contributed by atoms with van der Waals surface area (Å²) in [5.74, 6) is 1.77. The van der Waals surface area contributed by atoms with Gasteiger partial charge >= 0.3 is 0 Å². The summed E-state index contributed by atoms with van der Waals surface area (Å²) in [6.45, 7) is 6.95. The normalized spacial score (nSPS) is 16.4. The van der Waals surface area contributed by atoms with Crippen LogP contribution in [0.2, 0.25) is 0 Å². The molecule has 0 saturated carbocycles. The Hall–Kier alpha value is 0.480. The number of hydrogen-bond donors (Lipinski definition) is 0. The molecule has 0 amide bonds. The van der Waals surface area contributed by atoms with Gasteiger partial charge in [-0.25, -0.2) is 0 Å². The van der Waals surface area contributed by atoms with E-state index in [9.17, 15) is 0 Å². The predicted molar refractivity (Wildman–Crippen MR) is 56.3 cm³/mol. The third-order valence-corrected chi connectivity index (χ3v) is 3.22. The lowest BCUT2D eigenvalue weighted by molar-refractivity contribution is 0.409. The number of hydrogen-bond acceptors (Lipinski definition) is 0. The van der Waals surface area contributed by atoms with Crippen molar-refractivity contribution in [2.75, 3.05) is 5.33 Å². The molecule has 0 aromatic heterocycles. The molecule has 0 aromatic rings. The second-order valence-electron chi connectivity index (χ2n) is 3.74. The highest BCUT2D eigenvalue weighted by molar-refractivity contribution is 9.09. The maximum Gasteiger partial charge on any atom is 0.00571 e. The standard InChI is InChI=1S/C10H21Br/c1-4-5-6-9(2)7-10(3)8-11/h9-10H,4-8H2,1-3H3/t9-,10-/m0/s1. The van der Waals surface area contributed by atoms with Gasteiger partial charge in [-0.3, -0.25) is 0 Å². The molecule has 0 aliphatic carbocycles. The highest BCUT2D eigenvalue weighted by Gasteiger charge is 2.06. The molecule has 0 unspecified atom stereocenters. The van der Waals surface area contributed by atoms with E-state index in [0.717, 1.165) is 17.2 Å². The van der Waals surface area contributed by atoms with Crippen molar-refractivity contribution in [3.05, 3.63) is 0 Å². The monoisotopic (exact) mass is 220 g/mol. The largest absolute Gasteiger partial charge is 0.0925 e. The molecule has 68 valence electrons. The zero-order chi connectivity index (χ0) is 8.69. The van der Waals surface area contributed by atoms with Gasteiger partial charge < -0.3 is 0 Å². The lowest BCUT2D eigenvalue weighted by Gasteiger charge is -2.14. The first-order chi connectivity index (χ1) is 5.20. The number of alkyl halides is 1. The van der Waals surface area contributed by atoms with Crippen LogP contribution in [-0.4, -0.2) is 5.33 Å². The lowest BCUT2D eigenvalue weighted by atomic mass is 9.94. The summed E-state index contributed by atoms with van der Waals surface area (Å²) in [5, 5.41) is 1.16. The van der Waals surface area contributed by atoms with E-state index in [-0.39, 0.29) is 0 Å². The molecule has 0 rings (SSSR count). The molecule has 0 fully saturated rings. The Morgan fingerprint density at radius 1 is 1.18 bits per heavy atom. The SMILES string of the molecule is CCCC[C@H](C)C[C@H](C)CBr. The van der Waals surface area contributed by atoms with Crippen LogP contribution < -0.4 is 0 Å². The summed E-state index contributed by atoms with van der Waals surface area (Å²) in [7, 11) is 0. The minimum atomic E-state index is 0.849. The van der Waals surface area contributed by atoms with Crippen molar-refractivity contribution < 1.29 is 0 Å². The summed E-state index contributed by atoms with van der Waals surface area (Å²) in [5.41, 5.74) is 0. The molecule has 0 heterocycles. The van der Waals surface area contributed by atoms with E-state index in [0.29, 0.717) is 0 Å². The van der Waals surface area contributed by atoms with Gasteiger partial charge in [0.25, 0.3) is 0 Å². The van der Waals surface area contributed by atoms with Crippen LogP contribution in [-0.2, 0) is 0 Å². The molecule has 0 N–H and O–H groups in total. The van der Waals surface area contributed by atoms with E-state index in [2.05, 4.69) is 36.7 Å². The summed E-state index contributed by atoms with van der Waals surface area (Å²) < 4.78 is 0. The minimum absolute atomic E-state index is 0.849. The second-order valence-corrected chi connectivity index (χ2v) is 4.39. The first-order valence-corrected chi connectivity index (χ1v) is 5.88. The summed E-state index contributed by atoms with van der Waals surface area (Å²) in [4.78, 5) is 0. The van der Waals surface area contributed by atoms with Crippen LogP contribution in [0.5, 0.6) is 0 Å². The Morgan fingerprint density at radius 2 is 1.82 bits per heavy atom. The van der Waals surface area contributed by atoms with Crippen LogP contribution in [0.4, 0.5) is 0 Å². The maximum absolute atomic E-state index is 3.51. The van der Waals surface area contributed by atoms with E-state index in [1.54, 1.807) is 0 Å². The smallest absolute Gasteiger partial charge is 0.00571 e. The average molecular weight is 221 g/mol. The summed E-state index contributed by atoms with van der Waals surface area (Å²) in [6, 6.07) is 0. The molecule has 0 radical (unpaired) electrons. The van der Waals surface area contributed by atoms with Crippen LogP contribution in [0.15, 0.2) is 0 Å². The third kappa shape index (κ3) is 6.86. The average Bonchev–Trinajstić information content (AvgIpc) is 2.00. The van der Waals surface area contributed by atoms with E-state index in [4.69, 9.17) is 0 Å². The Kier molecular flexibility index (Phi) is 7.46. The van der Waals surface area contributed by atoms with Gasteiger partial charge in [-0.2, -0.15) is 0 Å². The Morgan fingerprint density at radius 3 is 2.27 bits per heavy atom. The van der Waals surface area contributed by atoms with Crippen molar-refractivity contribution in [3.63, 3.8) is 0 Å². The van der Waals surface area contributed by atoms with E-state index in [1.807, 2.05) is 0 Å². The third-order valence-electron chi connectivity index (χ3n) is 2.12. The molecular weight excluding hydrogens is 200 g/mol. The molecule has 1 heteroatoms. The van der Waals surface area contributed by atoms with Crippen LogP contribution >= 0.6 is 15.9 Å². The van der Waals surface area contributed by atoms with Crippen molar-refractivity contribution in [2.45, 2.75) is 46.5 Å². The minimum Gasteiger partial charge on any atom is -0.0925 e. The Balaban J connectivity index is 3.27. The number of halogens is 1. The van der Waals surface area contributed by atoms with Crippen LogP contribution in [0, 0.1) is 11.8 Å². The summed E-state index contributed by atoms with van der Waals surface area (Å²) in [6.07, 6.45) is 5.53. The fraction of sp³-hybridized carbons (Fsp3) is 1.00. The molecule has 0 nitrogen and oxygen atoms in total. The molecular formula is C10H21Br. The van der Waals surface area contributed by atoms with Crippen molar-refractivity contribution in [3.8, 4) is 0 Å². The molecule has 0 spiro atoms. The van der Waals surface area contributed by atoms with E-state index < -0.39 is 0 Å². The molecule has 11 heavy (non-hydrogen) atoms. The van der Waals surface area contributed by atoms with Crippen molar-refractivity contribution >= 4 is 15.9 Å². The first kappa shape index (κ1) is 11.5. The molecule has 0 aliphatic rings. The Bertz CT molecular complexity index is 80.9. The van der Waals surface area contributed by atoms with Crippen molar-refractivity contribution in [2.24, 2.45) is 11.8 Å². The van der Waals surface area contributed by atoms with Gasteiger partial charge in [0, 0.05) is 5.33 Å². The molecule has 0 aliphatic heterocycles. The van der Waals surface area contributed by atoms with Crippen molar-refractivity contribution in [1.29, 1.82) is 0 Å². The van der Waals surface area contributed by atoms with Crippen LogP contribution in [0.1, 0.15) is 46.5 Å². The van der Waals surface area contributed by atoms with Crippen LogP contribution in [0.3, 0.4) is 0 Å². The zero-order valence-corrected chi connectivity index (χ0v) is 9.65. The lowest BCUT2D eigenvalue weighted by Crippen LogP contribution is -2.03. The van der Waals surface area contributed by atoms with E-state index in [1.165, 1.54) is 25.7 Å². The maximum atomic E-state index is 3.51. The fourth-order valence-corrected chi connectivity index (χ4v) is 1.68. The number of unbranched alkanes of at least 4 members (excludes halogenated alkanes) is 1. The first-order valence-electron chi connectivity index (χ1n) is 4.76. The van der Waals surface area contributed by atoms with Gasteiger partial charge in [0.1, 0.15) is 0 Å².